The molecule has 0 aromatic carbocycles. The Morgan fingerprint density at radius 1 is 1.41 bits per heavy atom. The third-order valence-corrected chi connectivity index (χ3v) is 3.57. The monoisotopic (exact) mass is 243 g/mol. The maximum atomic E-state index is 11.1. The number of methoxy groups -OCH3 is 1. The third-order valence-electron chi connectivity index (χ3n) is 3.57. The highest BCUT2D eigenvalue weighted by Gasteiger charge is 2.27. The van der Waals surface area contributed by atoms with Gasteiger partial charge in [-0.2, -0.15) is 0 Å². The second-order valence-corrected chi connectivity index (χ2v) is 5.65. The van der Waals surface area contributed by atoms with E-state index in [1.807, 2.05) is 0 Å². The first-order chi connectivity index (χ1) is 7.94. The minimum atomic E-state index is -0.556. The van der Waals surface area contributed by atoms with Gasteiger partial charge in [0.2, 0.25) is 0 Å². The van der Waals surface area contributed by atoms with Crippen molar-refractivity contribution in [1.29, 1.82) is 0 Å². The fourth-order valence-corrected chi connectivity index (χ4v) is 2.17. The molecular weight excluding hydrogens is 218 g/mol. The number of hydrogen-bond acceptors (Lipinski definition) is 4. The summed E-state index contributed by atoms with van der Waals surface area (Å²) in [6.07, 6.45) is 5.52. The SMILES string of the molecule is COC(=O)C(N)CCOC1CCC(C)(C)CC1. The largest absolute Gasteiger partial charge is 0.468 e. The lowest BCUT2D eigenvalue weighted by Gasteiger charge is -2.34. The molecule has 1 aliphatic carbocycles. The molecule has 0 aromatic heterocycles. The molecule has 1 saturated carbocycles. The van der Waals surface area contributed by atoms with Gasteiger partial charge in [0, 0.05) is 6.61 Å². The van der Waals surface area contributed by atoms with E-state index in [1.54, 1.807) is 0 Å². The van der Waals surface area contributed by atoms with E-state index in [9.17, 15) is 4.79 Å². The summed E-state index contributed by atoms with van der Waals surface area (Å²) in [6, 6.07) is -0.556. The molecule has 1 atom stereocenters. The van der Waals surface area contributed by atoms with Gasteiger partial charge in [-0.25, -0.2) is 0 Å². The second kappa shape index (κ2) is 6.36. The number of rotatable bonds is 5. The zero-order valence-corrected chi connectivity index (χ0v) is 11.2. The first-order valence-corrected chi connectivity index (χ1v) is 6.39. The quantitative estimate of drug-likeness (QED) is 0.749. The summed E-state index contributed by atoms with van der Waals surface area (Å²) in [7, 11) is 1.35. The van der Waals surface area contributed by atoms with Crippen LogP contribution in [-0.4, -0.2) is 31.8 Å². The van der Waals surface area contributed by atoms with Gasteiger partial charge in [0.25, 0.3) is 0 Å². The van der Waals surface area contributed by atoms with Crippen LogP contribution < -0.4 is 5.73 Å². The highest BCUT2D eigenvalue weighted by atomic mass is 16.5. The molecule has 4 nitrogen and oxygen atoms in total. The standard InChI is InChI=1S/C13H25NO3/c1-13(2)7-4-10(5-8-13)17-9-6-11(14)12(15)16-3/h10-11H,4-9,14H2,1-3H3. The van der Waals surface area contributed by atoms with E-state index in [1.165, 1.54) is 20.0 Å². The summed E-state index contributed by atoms with van der Waals surface area (Å²) in [5.74, 6) is -0.363. The molecule has 1 aliphatic rings. The van der Waals surface area contributed by atoms with Crippen molar-refractivity contribution in [2.75, 3.05) is 13.7 Å². The fraction of sp³-hybridized carbons (Fsp3) is 0.923. The van der Waals surface area contributed by atoms with Crippen LogP contribution in [0.3, 0.4) is 0 Å². The molecule has 0 aromatic rings. The van der Waals surface area contributed by atoms with Gasteiger partial charge in [-0.15, -0.1) is 0 Å². The molecule has 0 heterocycles. The second-order valence-electron chi connectivity index (χ2n) is 5.65. The molecule has 1 fully saturated rings. The first kappa shape index (κ1) is 14.5. The van der Waals surface area contributed by atoms with Gasteiger partial charge in [-0.05, 0) is 37.5 Å². The molecule has 0 spiro atoms. The van der Waals surface area contributed by atoms with Crippen LogP contribution in [0.5, 0.6) is 0 Å². The van der Waals surface area contributed by atoms with E-state index in [0.717, 1.165) is 12.8 Å². The van der Waals surface area contributed by atoms with Crippen LogP contribution in [0, 0.1) is 5.41 Å². The molecular formula is C13H25NO3. The molecule has 0 amide bonds. The number of carbonyl (C=O) groups is 1. The Balaban J connectivity index is 2.14. The number of ether oxygens (including phenoxy) is 2. The first-order valence-electron chi connectivity index (χ1n) is 6.39. The molecule has 100 valence electrons. The van der Waals surface area contributed by atoms with Crippen LogP contribution >= 0.6 is 0 Å². The van der Waals surface area contributed by atoms with Crippen molar-refractivity contribution in [2.24, 2.45) is 11.1 Å². The van der Waals surface area contributed by atoms with Crippen LogP contribution in [0.1, 0.15) is 46.0 Å². The minimum absolute atomic E-state index is 0.341. The molecule has 0 bridgehead atoms. The molecule has 17 heavy (non-hydrogen) atoms. The highest BCUT2D eigenvalue weighted by molar-refractivity contribution is 5.75. The zero-order valence-electron chi connectivity index (χ0n) is 11.2. The summed E-state index contributed by atoms with van der Waals surface area (Å²) in [5.41, 5.74) is 6.09. The summed E-state index contributed by atoms with van der Waals surface area (Å²) >= 11 is 0. The number of nitrogens with two attached hydrogens (primary N) is 1. The van der Waals surface area contributed by atoms with Gasteiger partial charge in [0.15, 0.2) is 0 Å². The normalized spacial score (nSPS) is 22.1. The van der Waals surface area contributed by atoms with Crippen LogP contribution in [-0.2, 0) is 14.3 Å². The average molecular weight is 243 g/mol. The minimum Gasteiger partial charge on any atom is -0.468 e. The molecule has 0 radical (unpaired) electrons. The van der Waals surface area contributed by atoms with Crippen LogP contribution in [0.15, 0.2) is 0 Å². The van der Waals surface area contributed by atoms with Crippen molar-refractivity contribution in [3.05, 3.63) is 0 Å². The maximum absolute atomic E-state index is 11.1. The predicted molar refractivity (Wildman–Crippen MR) is 66.6 cm³/mol. The topological polar surface area (TPSA) is 61.5 Å². The molecule has 0 saturated heterocycles. The molecule has 0 aliphatic heterocycles. The maximum Gasteiger partial charge on any atom is 0.322 e. The Labute approximate surface area is 104 Å². The lowest BCUT2D eigenvalue weighted by Crippen LogP contribution is -2.34. The Morgan fingerprint density at radius 2 is 2.00 bits per heavy atom. The van der Waals surface area contributed by atoms with E-state index in [4.69, 9.17) is 10.5 Å². The van der Waals surface area contributed by atoms with Gasteiger partial charge in [0.05, 0.1) is 13.2 Å². The van der Waals surface area contributed by atoms with Crippen molar-refractivity contribution in [1.82, 2.24) is 0 Å². The van der Waals surface area contributed by atoms with Gasteiger partial charge in [-0.1, -0.05) is 13.8 Å². The van der Waals surface area contributed by atoms with Crippen molar-refractivity contribution in [3.8, 4) is 0 Å². The van der Waals surface area contributed by atoms with E-state index in [-0.39, 0.29) is 5.97 Å². The van der Waals surface area contributed by atoms with Crippen molar-refractivity contribution in [2.45, 2.75) is 58.1 Å². The van der Waals surface area contributed by atoms with Gasteiger partial charge in [0.1, 0.15) is 6.04 Å². The van der Waals surface area contributed by atoms with E-state index in [0.29, 0.717) is 24.5 Å². The van der Waals surface area contributed by atoms with E-state index in [2.05, 4.69) is 18.6 Å². The highest BCUT2D eigenvalue weighted by Crippen LogP contribution is 2.36. The summed E-state index contributed by atoms with van der Waals surface area (Å²) < 4.78 is 10.3. The number of hydrogen-bond donors (Lipinski definition) is 1. The summed E-state index contributed by atoms with van der Waals surface area (Å²) in [5, 5.41) is 0. The third kappa shape index (κ3) is 5.04. The number of esters is 1. The molecule has 1 rings (SSSR count). The van der Waals surface area contributed by atoms with Crippen LogP contribution in [0.2, 0.25) is 0 Å². The molecule has 4 heteroatoms. The summed E-state index contributed by atoms with van der Waals surface area (Å²) in [4.78, 5) is 11.1. The van der Waals surface area contributed by atoms with Gasteiger partial charge >= 0.3 is 5.97 Å². The van der Waals surface area contributed by atoms with Crippen LogP contribution in [0.4, 0.5) is 0 Å². The smallest absolute Gasteiger partial charge is 0.322 e. The zero-order chi connectivity index (χ0) is 12.9. The van der Waals surface area contributed by atoms with Crippen molar-refractivity contribution >= 4 is 5.97 Å². The Hall–Kier alpha value is -0.610. The van der Waals surface area contributed by atoms with Crippen molar-refractivity contribution in [3.63, 3.8) is 0 Å². The lowest BCUT2D eigenvalue weighted by molar-refractivity contribution is -0.142. The van der Waals surface area contributed by atoms with Gasteiger partial charge in [-0.3, -0.25) is 4.79 Å². The number of carbonyl (C=O) groups excluding carboxylic acids is 1. The Kier molecular flexibility index (Phi) is 5.40. The average Bonchev–Trinajstić information content (AvgIpc) is 2.30. The fourth-order valence-electron chi connectivity index (χ4n) is 2.17. The van der Waals surface area contributed by atoms with Crippen LogP contribution in [0.25, 0.3) is 0 Å². The van der Waals surface area contributed by atoms with E-state index < -0.39 is 6.04 Å². The Morgan fingerprint density at radius 3 is 2.53 bits per heavy atom. The summed E-state index contributed by atoms with van der Waals surface area (Å²) in [6.45, 7) is 5.15. The van der Waals surface area contributed by atoms with Gasteiger partial charge < -0.3 is 15.2 Å². The molecule has 2 N–H and O–H groups in total. The Bertz CT molecular complexity index is 243. The molecule has 1 unspecified atom stereocenters. The van der Waals surface area contributed by atoms with Crippen molar-refractivity contribution < 1.29 is 14.3 Å². The predicted octanol–water partition coefficient (Wildman–Crippen LogP) is 1.86. The lowest BCUT2D eigenvalue weighted by atomic mass is 9.76. The van der Waals surface area contributed by atoms with E-state index >= 15 is 0 Å².